The Kier molecular flexibility index (Phi) is 2.80. The number of rotatable bonds is 1. The van der Waals surface area contributed by atoms with Crippen molar-refractivity contribution in [1.29, 1.82) is 0 Å². The van der Waals surface area contributed by atoms with Crippen molar-refractivity contribution < 1.29 is 4.74 Å². The predicted molar refractivity (Wildman–Crippen MR) is 66.7 cm³/mol. The van der Waals surface area contributed by atoms with E-state index in [0.29, 0.717) is 12.6 Å². The van der Waals surface area contributed by atoms with Crippen LogP contribution in [0.3, 0.4) is 0 Å². The lowest BCUT2D eigenvalue weighted by Gasteiger charge is -2.32. The number of hydrogen-bond acceptors (Lipinski definition) is 3. The van der Waals surface area contributed by atoms with Crippen molar-refractivity contribution in [2.24, 2.45) is 0 Å². The zero-order chi connectivity index (χ0) is 11.8. The van der Waals surface area contributed by atoms with Crippen LogP contribution in [-0.2, 0) is 6.42 Å². The van der Waals surface area contributed by atoms with Gasteiger partial charge in [0.25, 0.3) is 0 Å². The van der Waals surface area contributed by atoms with Crippen LogP contribution in [0.25, 0.3) is 0 Å². The minimum absolute atomic E-state index is 0.117. The smallest absolute Gasteiger partial charge is 0.145 e. The Hall–Kier alpha value is -1.22. The second-order valence-electron chi connectivity index (χ2n) is 5.44. The molecule has 3 nitrogen and oxygen atoms in total. The van der Waals surface area contributed by atoms with E-state index in [0.717, 1.165) is 17.9 Å². The maximum Gasteiger partial charge on any atom is 0.145 e. The second-order valence-corrected chi connectivity index (χ2v) is 5.44. The lowest BCUT2D eigenvalue weighted by atomic mass is 9.99. The molecule has 0 saturated carbocycles. The van der Waals surface area contributed by atoms with Crippen molar-refractivity contribution in [2.75, 3.05) is 12.3 Å². The Morgan fingerprint density at radius 2 is 2.12 bits per heavy atom. The Bertz CT molecular complexity index is 382. The van der Waals surface area contributed by atoms with E-state index in [1.165, 1.54) is 5.56 Å². The predicted octanol–water partition coefficient (Wildman–Crippen LogP) is 1.96. The molecular weight excluding hydrogens is 200 g/mol. The van der Waals surface area contributed by atoms with E-state index in [4.69, 9.17) is 10.5 Å². The Morgan fingerprint density at radius 1 is 1.38 bits per heavy atom. The van der Waals surface area contributed by atoms with Gasteiger partial charge in [-0.05, 0) is 38.8 Å². The first-order valence-electron chi connectivity index (χ1n) is 5.73. The first kappa shape index (κ1) is 11.3. The van der Waals surface area contributed by atoms with Crippen LogP contribution in [0.15, 0.2) is 18.2 Å². The largest absolute Gasteiger partial charge is 0.490 e. The molecule has 1 aliphatic rings. The molecule has 0 spiro atoms. The van der Waals surface area contributed by atoms with Crippen molar-refractivity contribution in [3.8, 4) is 5.75 Å². The maximum atomic E-state index is 5.87. The number of nitrogens with two attached hydrogens (primary N) is 1. The lowest BCUT2D eigenvalue weighted by Crippen LogP contribution is -2.48. The van der Waals surface area contributed by atoms with E-state index < -0.39 is 0 Å². The van der Waals surface area contributed by atoms with E-state index >= 15 is 0 Å². The van der Waals surface area contributed by atoms with Crippen molar-refractivity contribution in [1.82, 2.24) is 5.32 Å². The van der Waals surface area contributed by atoms with Crippen LogP contribution in [-0.4, -0.2) is 18.2 Å². The molecule has 1 aliphatic heterocycles. The highest BCUT2D eigenvalue weighted by Gasteiger charge is 2.24. The van der Waals surface area contributed by atoms with Crippen molar-refractivity contribution in [3.63, 3.8) is 0 Å². The molecule has 0 amide bonds. The number of benzene rings is 1. The van der Waals surface area contributed by atoms with Gasteiger partial charge in [-0.3, -0.25) is 0 Å². The molecule has 0 saturated heterocycles. The topological polar surface area (TPSA) is 47.3 Å². The first-order valence-corrected chi connectivity index (χ1v) is 5.73. The lowest BCUT2D eigenvalue weighted by molar-refractivity contribution is 0.213. The number of hydrogen-bond donors (Lipinski definition) is 2. The van der Waals surface area contributed by atoms with Gasteiger partial charge < -0.3 is 15.8 Å². The Morgan fingerprint density at radius 3 is 2.81 bits per heavy atom. The molecule has 16 heavy (non-hydrogen) atoms. The number of para-hydroxylation sites is 1. The van der Waals surface area contributed by atoms with Gasteiger partial charge in [0, 0.05) is 11.6 Å². The molecule has 1 aromatic rings. The van der Waals surface area contributed by atoms with Gasteiger partial charge in [0.05, 0.1) is 5.69 Å². The fourth-order valence-electron chi connectivity index (χ4n) is 2.15. The molecular formula is C13H20N2O. The minimum atomic E-state index is 0.117. The van der Waals surface area contributed by atoms with Gasteiger partial charge in [0.2, 0.25) is 0 Å². The molecule has 0 aliphatic carbocycles. The molecule has 1 aromatic carbocycles. The fraction of sp³-hybridized carbons (Fsp3) is 0.538. The number of ether oxygens (including phenoxy) is 1. The fourth-order valence-corrected chi connectivity index (χ4v) is 2.15. The summed E-state index contributed by atoms with van der Waals surface area (Å²) in [7, 11) is 0. The molecule has 0 bridgehead atoms. The van der Waals surface area contributed by atoms with Gasteiger partial charge in [-0.2, -0.15) is 0 Å². The number of fused-ring (bicyclic) bond motifs is 1. The number of anilines is 1. The summed E-state index contributed by atoms with van der Waals surface area (Å²) in [6, 6.07) is 6.32. The summed E-state index contributed by atoms with van der Waals surface area (Å²) in [6.07, 6.45) is 0.984. The Labute approximate surface area is 97.0 Å². The van der Waals surface area contributed by atoms with Gasteiger partial charge in [0.15, 0.2) is 0 Å². The van der Waals surface area contributed by atoms with Crippen LogP contribution in [0, 0.1) is 0 Å². The molecule has 1 atom stereocenters. The van der Waals surface area contributed by atoms with E-state index in [-0.39, 0.29) is 5.54 Å². The summed E-state index contributed by atoms with van der Waals surface area (Å²) in [4.78, 5) is 0. The molecule has 0 radical (unpaired) electrons. The molecule has 1 heterocycles. The van der Waals surface area contributed by atoms with E-state index in [2.05, 4.69) is 32.2 Å². The minimum Gasteiger partial charge on any atom is -0.490 e. The summed E-state index contributed by atoms with van der Waals surface area (Å²) < 4.78 is 5.73. The highest BCUT2D eigenvalue weighted by Crippen LogP contribution is 2.30. The molecule has 1 unspecified atom stereocenters. The van der Waals surface area contributed by atoms with Crippen molar-refractivity contribution in [2.45, 2.75) is 38.8 Å². The third-order valence-electron chi connectivity index (χ3n) is 2.66. The van der Waals surface area contributed by atoms with E-state index in [1.54, 1.807) is 0 Å². The van der Waals surface area contributed by atoms with E-state index in [9.17, 15) is 0 Å². The maximum absolute atomic E-state index is 5.87. The highest BCUT2D eigenvalue weighted by atomic mass is 16.5. The summed E-state index contributed by atoms with van der Waals surface area (Å²) in [5, 5.41) is 3.55. The van der Waals surface area contributed by atoms with Crippen LogP contribution in [0.5, 0.6) is 5.75 Å². The van der Waals surface area contributed by atoms with Gasteiger partial charge in [0.1, 0.15) is 12.4 Å². The standard InChI is InChI=1S/C13H20N2O/c1-13(2,3)15-10-7-9-5-4-6-11(14)12(9)16-8-10/h4-6,10,15H,7-8,14H2,1-3H3. The molecule has 0 aromatic heterocycles. The summed E-state index contributed by atoms with van der Waals surface area (Å²) >= 11 is 0. The summed E-state index contributed by atoms with van der Waals surface area (Å²) in [6.45, 7) is 7.20. The third kappa shape index (κ3) is 2.47. The zero-order valence-electron chi connectivity index (χ0n) is 10.2. The van der Waals surface area contributed by atoms with Crippen molar-refractivity contribution in [3.05, 3.63) is 23.8 Å². The molecule has 0 fully saturated rings. The van der Waals surface area contributed by atoms with Gasteiger partial charge >= 0.3 is 0 Å². The quantitative estimate of drug-likeness (QED) is 0.711. The molecule has 3 N–H and O–H groups in total. The normalized spacial score (nSPS) is 20.1. The number of nitrogens with one attached hydrogen (secondary N) is 1. The van der Waals surface area contributed by atoms with Gasteiger partial charge in [-0.1, -0.05) is 12.1 Å². The monoisotopic (exact) mass is 220 g/mol. The summed E-state index contributed by atoms with van der Waals surface area (Å²) in [5.74, 6) is 0.870. The highest BCUT2D eigenvalue weighted by molar-refractivity contribution is 5.57. The van der Waals surface area contributed by atoms with Crippen LogP contribution >= 0.6 is 0 Å². The van der Waals surface area contributed by atoms with Gasteiger partial charge in [-0.15, -0.1) is 0 Å². The van der Waals surface area contributed by atoms with Crippen LogP contribution < -0.4 is 15.8 Å². The van der Waals surface area contributed by atoms with Gasteiger partial charge in [-0.25, -0.2) is 0 Å². The third-order valence-corrected chi connectivity index (χ3v) is 2.66. The van der Waals surface area contributed by atoms with Crippen molar-refractivity contribution >= 4 is 5.69 Å². The van der Waals surface area contributed by atoms with E-state index in [1.807, 2.05) is 12.1 Å². The molecule has 2 rings (SSSR count). The van der Waals surface area contributed by atoms with Crippen LogP contribution in [0.4, 0.5) is 5.69 Å². The van der Waals surface area contributed by atoms with Crippen LogP contribution in [0.1, 0.15) is 26.3 Å². The average Bonchev–Trinajstić information content (AvgIpc) is 2.15. The average molecular weight is 220 g/mol. The zero-order valence-corrected chi connectivity index (χ0v) is 10.2. The first-order chi connectivity index (χ1) is 7.46. The molecule has 88 valence electrons. The SMILES string of the molecule is CC(C)(C)NC1COc2c(N)cccc2C1. The number of nitrogen functional groups attached to an aromatic ring is 1. The van der Waals surface area contributed by atoms with Crippen LogP contribution in [0.2, 0.25) is 0 Å². The Balaban J connectivity index is 2.12. The second kappa shape index (κ2) is 3.98. The summed E-state index contributed by atoms with van der Waals surface area (Å²) in [5.41, 5.74) is 7.93. The molecule has 3 heteroatoms.